The lowest BCUT2D eigenvalue weighted by atomic mass is 9.93. The average molecular weight is 572 g/mol. The molecular weight excluding hydrogens is 545 g/mol. The minimum Gasteiger partial charge on any atom is -0.465 e. The molecule has 2 aromatic rings. The van der Waals surface area contributed by atoms with Crippen LogP contribution in [0.5, 0.6) is 5.75 Å². The quantitative estimate of drug-likeness (QED) is 0.117. The van der Waals surface area contributed by atoms with Gasteiger partial charge in [-0.05, 0) is 56.6 Å². The summed E-state index contributed by atoms with van der Waals surface area (Å²) in [6.07, 6.45) is -2.83. The van der Waals surface area contributed by atoms with Gasteiger partial charge in [0.15, 0.2) is 6.23 Å². The van der Waals surface area contributed by atoms with Gasteiger partial charge in [-0.2, -0.15) is 10.1 Å². The Morgan fingerprint density at radius 3 is 2.74 bits per heavy atom. The highest BCUT2D eigenvalue weighted by molar-refractivity contribution is 7.52. The Bertz CT molecular complexity index is 1310. The number of nitrogen functional groups attached to an aromatic ring is 1. The number of azide groups is 1. The molecular formula is C21H27ClN7O8P. The van der Waals surface area contributed by atoms with Gasteiger partial charge in [0.1, 0.15) is 29.3 Å². The molecule has 1 aromatic heterocycles. The van der Waals surface area contributed by atoms with Gasteiger partial charge in [-0.1, -0.05) is 16.7 Å². The molecule has 38 heavy (non-hydrogen) atoms. The van der Waals surface area contributed by atoms with Crippen LogP contribution in [0, 0.1) is 0 Å². The summed E-state index contributed by atoms with van der Waals surface area (Å²) in [6.45, 7) is 3.90. The number of nitrogens with one attached hydrogen (secondary N) is 1. The molecule has 0 bridgehead atoms. The molecule has 1 aromatic carbocycles. The van der Waals surface area contributed by atoms with Gasteiger partial charge < -0.3 is 24.8 Å². The topological polar surface area (TPSA) is 213 Å². The van der Waals surface area contributed by atoms with E-state index >= 15 is 0 Å². The van der Waals surface area contributed by atoms with Crippen LogP contribution in [-0.2, 0) is 23.4 Å². The molecule has 1 aliphatic heterocycles. The Balaban J connectivity index is 1.87. The van der Waals surface area contributed by atoms with Crippen molar-refractivity contribution in [3.05, 3.63) is 62.5 Å². The molecule has 17 heteroatoms. The standard InChI is InChI=1S/C21H27ClN7O8P/c1-4-34-18(31)12(2)26-38(33,37-14-7-5-13(22)6-8-14)35-11-15-17(30)21(3,27-28-24)19(36-15)29-10-9-16(23)25-20(29)32/h5-10,12,15,17,19,30H,4,11H2,1-3H3,(H,26,33)(H2,23,25,32)/t12-,15+,17+,19-,21+,38?/m0/s1. The molecule has 2 heterocycles. The number of hydrogen-bond donors (Lipinski definition) is 3. The first-order valence-corrected chi connectivity index (χ1v) is 13.2. The molecule has 1 saturated heterocycles. The van der Waals surface area contributed by atoms with Crippen molar-refractivity contribution in [3.8, 4) is 5.75 Å². The van der Waals surface area contributed by atoms with Crippen molar-refractivity contribution in [1.29, 1.82) is 0 Å². The van der Waals surface area contributed by atoms with Crippen molar-refractivity contribution < 1.29 is 33.0 Å². The Hall–Kier alpha value is -3.16. The molecule has 1 fully saturated rings. The number of benzene rings is 1. The van der Waals surface area contributed by atoms with Crippen molar-refractivity contribution in [2.75, 3.05) is 18.9 Å². The summed E-state index contributed by atoms with van der Waals surface area (Å²) in [5.41, 5.74) is 12.2. The number of carbonyl (C=O) groups is 1. The third kappa shape index (κ3) is 6.63. The number of anilines is 1. The number of nitrogens with two attached hydrogens (primary N) is 1. The van der Waals surface area contributed by atoms with E-state index in [1.165, 1.54) is 50.4 Å². The van der Waals surface area contributed by atoms with Gasteiger partial charge in [-0.25, -0.2) is 9.36 Å². The highest BCUT2D eigenvalue weighted by atomic mass is 35.5. The molecule has 0 spiro atoms. The second kappa shape index (κ2) is 12.1. The number of halogens is 1. The summed E-state index contributed by atoms with van der Waals surface area (Å²) in [4.78, 5) is 31.0. The smallest absolute Gasteiger partial charge is 0.459 e. The zero-order chi connectivity index (χ0) is 28.1. The van der Waals surface area contributed by atoms with Crippen molar-refractivity contribution in [2.45, 2.75) is 50.8 Å². The maximum atomic E-state index is 13.7. The molecule has 4 N–H and O–H groups in total. The van der Waals surface area contributed by atoms with E-state index < -0.39 is 56.0 Å². The van der Waals surface area contributed by atoms with Gasteiger partial charge in [-0.15, -0.1) is 0 Å². The lowest BCUT2D eigenvalue weighted by Gasteiger charge is -2.28. The van der Waals surface area contributed by atoms with Crippen LogP contribution < -0.4 is 21.0 Å². The second-order valence-corrected chi connectivity index (χ2v) is 10.5. The molecule has 0 aliphatic carbocycles. The largest absolute Gasteiger partial charge is 0.465 e. The van der Waals surface area contributed by atoms with E-state index in [9.17, 15) is 19.3 Å². The predicted octanol–water partition coefficient (Wildman–Crippen LogP) is 2.55. The van der Waals surface area contributed by atoms with Gasteiger partial charge in [0, 0.05) is 16.1 Å². The fraction of sp³-hybridized carbons (Fsp3) is 0.476. The van der Waals surface area contributed by atoms with E-state index in [1.807, 2.05) is 0 Å². The van der Waals surface area contributed by atoms with Crippen LogP contribution in [-0.4, -0.2) is 57.6 Å². The number of rotatable bonds is 11. The van der Waals surface area contributed by atoms with Crippen molar-refractivity contribution in [1.82, 2.24) is 14.6 Å². The summed E-state index contributed by atoms with van der Waals surface area (Å²) in [7, 11) is -4.32. The maximum absolute atomic E-state index is 13.7. The summed E-state index contributed by atoms with van der Waals surface area (Å²) in [6, 6.07) is 6.08. The second-order valence-electron chi connectivity index (χ2n) is 8.37. The van der Waals surface area contributed by atoms with Crippen LogP contribution in [0.4, 0.5) is 5.82 Å². The third-order valence-electron chi connectivity index (χ3n) is 5.56. The van der Waals surface area contributed by atoms with Crippen LogP contribution in [0.3, 0.4) is 0 Å². The van der Waals surface area contributed by atoms with E-state index in [2.05, 4.69) is 20.1 Å². The lowest BCUT2D eigenvalue weighted by molar-refractivity contribution is -0.144. The normalized spacial score (nSPS) is 25.1. The van der Waals surface area contributed by atoms with Crippen LogP contribution >= 0.6 is 19.3 Å². The number of aromatic nitrogens is 2. The van der Waals surface area contributed by atoms with Gasteiger partial charge >= 0.3 is 19.4 Å². The Morgan fingerprint density at radius 1 is 1.45 bits per heavy atom. The van der Waals surface area contributed by atoms with Gasteiger partial charge in [0.2, 0.25) is 0 Å². The average Bonchev–Trinajstić information content (AvgIpc) is 3.09. The summed E-state index contributed by atoms with van der Waals surface area (Å²) < 4.78 is 36.6. The van der Waals surface area contributed by atoms with Crippen LogP contribution in [0.25, 0.3) is 10.4 Å². The highest BCUT2D eigenvalue weighted by Gasteiger charge is 2.55. The fourth-order valence-corrected chi connectivity index (χ4v) is 5.27. The number of carbonyl (C=O) groups excluding carboxylic acids is 1. The Labute approximate surface area is 222 Å². The lowest BCUT2D eigenvalue weighted by Crippen LogP contribution is -2.45. The number of esters is 1. The molecule has 1 aliphatic rings. The molecule has 3 rings (SSSR count). The number of aliphatic hydroxyl groups is 1. The van der Waals surface area contributed by atoms with Crippen LogP contribution in [0.1, 0.15) is 27.0 Å². The van der Waals surface area contributed by atoms with E-state index in [4.69, 9.17) is 41.4 Å². The minimum absolute atomic E-state index is 0.0442. The van der Waals surface area contributed by atoms with Crippen molar-refractivity contribution in [3.63, 3.8) is 0 Å². The molecule has 1 unspecified atom stereocenters. The molecule has 6 atom stereocenters. The van der Waals surface area contributed by atoms with E-state index in [0.717, 1.165) is 4.57 Å². The number of aliphatic hydroxyl groups excluding tert-OH is 1. The molecule has 206 valence electrons. The summed E-state index contributed by atoms with van der Waals surface area (Å²) in [5.74, 6) is -0.651. The molecule has 0 saturated carbocycles. The number of ether oxygens (including phenoxy) is 2. The van der Waals surface area contributed by atoms with Crippen LogP contribution in [0.2, 0.25) is 5.02 Å². The monoisotopic (exact) mass is 571 g/mol. The Kier molecular flexibility index (Phi) is 9.39. The summed E-state index contributed by atoms with van der Waals surface area (Å²) in [5, 5.41) is 17.6. The van der Waals surface area contributed by atoms with Crippen molar-refractivity contribution >= 4 is 31.1 Å². The fourth-order valence-electron chi connectivity index (χ4n) is 3.64. The molecule has 0 amide bonds. The first-order valence-electron chi connectivity index (χ1n) is 11.3. The van der Waals surface area contributed by atoms with E-state index in [1.54, 1.807) is 6.92 Å². The maximum Gasteiger partial charge on any atom is 0.459 e. The van der Waals surface area contributed by atoms with E-state index in [-0.39, 0.29) is 18.2 Å². The van der Waals surface area contributed by atoms with Crippen LogP contribution in [0.15, 0.2) is 46.4 Å². The van der Waals surface area contributed by atoms with E-state index in [0.29, 0.717) is 5.02 Å². The number of hydrogen-bond acceptors (Lipinski definition) is 11. The zero-order valence-corrected chi connectivity index (χ0v) is 22.3. The summed E-state index contributed by atoms with van der Waals surface area (Å²) >= 11 is 5.90. The SMILES string of the molecule is CCOC(=O)[C@H](C)NP(=O)(OC[C@H]1O[C@H](n2ccc(N)nc2=O)[C@](C)(N=[N+]=[N-])[C@@H]1O)Oc1ccc(Cl)cc1. The molecule has 0 radical (unpaired) electrons. The Morgan fingerprint density at radius 2 is 2.13 bits per heavy atom. The molecule has 15 nitrogen and oxygen atoms in total. The zero-order valence-electron chi connectivity index (χ0n) is 20.6. The van der Waals surface area contributed by atoms with Gasteiger partial charge in [0.25, 0.3) is 0 Å². The third-order valence-corrected chi connectivity index (χ3v) is 7.45. The highest BCUT2D eigenvalue weighted by Crippen LogP contribution is 2.47. The predicted molar refractivity (Wildman–Crippen MR) is 135 cm³/mol. The first kappa shape index (κ1) is 29.4. The van der Waals surface area contributed by atoms with Gasteiger partial charge in [0.05, 0.1) is 19.3 Å². The number of nitrogens with zero attached hydrogens (tertiary/aromatic N) is 5. The van der Waals surface area contributed by atoms with Gasteiger partial charge in [-0.3, -0.25) is 13.9 Å². The van der Waals surface area contributed by atoms with Crippen molar-refractivity contribution in [2.24, 2.45) is 5.11 Å². The first-order chi connectivity index (χ1) is 17.9. The minimum atomic E-state index is -4.32.